The Morgan fingerprint density at radius 1 is 0.487 bits per heavy atom. The Morgan fingerprint density at radius 3 is 1.77 bits per heavy atom. The van der Waals surface area contributed by atoms with Gasteiger partial charge in [0.2, 0.25) is 0 Å². The van der Waals surface area contributed by atoms with E-state index in [2.05, 4.69) is 18.2 Å². The van der Waals surface area contributed by atoms with E-state index < -0.39 is 0 Å². The number of imidazole rings is 1. The van der Waals surface area contributed by atoms with Gasteiger partial charge >= 0.3 is 0 Å². The number of rotatable bonds is 3. The number of fused-ring (bicyclic) bond motifs is 4. The van der Waals surface area contributed by atoms with Crippen molar-refractivity contribution in [2.45, 2.75) is 0 Å². The highest BCUT2D eigenvalue weighted by atomic mass is 16.1. The lowest BCUT2D eigenvalue weighted by molar-refractivity contribution is 1.13. The molecule has 0 aliphatic heterocycles. The predicted molar refractivity (Wildman–Crippen MR) is 157 cm³/mol. The lowest BCUT2D eigenvalue weighted by atomic mass is 10.00. The molecule has 0 bridgehead atoms. The van der Waals surface area contributed by atoms with Crippen LogP contribution in [0.3, 0.4) is 0 Å². The third kappa shape index (κ3) is 3.20. The molecule has 0 aliphatic carbocycles. The smallest absolute Gasteiger partial charge is 0.264 e. The van der Waals surface area contributed by atoms with Gasteiger partial charge in [0.25, 0.3) is 5.56 Å². The minimum Gasteiger partial charge on any atom is -0.268 e. The lowest BCUT2D eigenvalue weighted by Gasteiger charge is -2.12. The lowest BCUT2D eigenvalue weighted by Crippen LogP contribution is -2.14. The number of hydrogen-bond acceptors (Lipinski definition) is 4. The molecule has 0 N–H and O–H groups in total. The van der Waals surface area contributed by atoms with E-state index in [9.17, 15) is 4.79 Å². The molecule has 8 rings (SSSR count). The van der Waals surface area contributed by atoms with Crippen LogP contribution in [0.15, 0.2) is 126 Å². The second-order valence-electron chi connectivity index (χ2n) is 9.63. The van der Waals surface area contributed by atoms with Crippen molar-refractivity contribution in [3.8, 4) is 34.0 Å². The standard InChI is InChI=1S/C34H20N4O/c39-34-25-19-11-10-18-24(25)26-20-27-28(21-12-4-1-5-13-21)35-32(22-14-6-2-7-15-22)36-29(27)30-31(26)38(34)33(37-30)23-16-8-3-9-17-23/h1-20H. The molecule has 8 aromatic rings. The summed E-state index contributed by atoms with van der Waals surface area (Å²) in [5.74, 6) is 1.23. The van der Waals surface area contributed by atoms with Crippen LogP contribution in [0.2, 0.25) is 0 Å². The minimum atomic E-state index is -0.0839. The molecule has 0 saturated heterocycles. The summed E-state index contributed by atoms with van der Waals surface area (Å²) in [5.41, 5.74) is 5.75. The van der Waals surface area contributed by atoms with Crippen molar-refractivity contribution in [2.75, 3.05) is 0 Å². The molecule has 0 unspecified atom stereocenters. The van der Waals surface area contributed by atoms with E-state index >= 15 is 0 Å². The fourth-order valence-corrected chi connectivity index (χ4v) is 5.57. The van der Waals surface area contributed by atoms with Crippen LogP contribution < -0.4 is 5.56 Å². The first-order chi connectivity index (χ1) is 19.3. The van der Waals surface area contributed by atoms with Crippen LogP contribution >= 0.6 is 0 Å². The maximum absolute atomic E-state index is 14.0. The van der Waals surface area contributed by atoms with Gasteiger partial charge in [0.1, 0.15) is 16.9 Å². The van der Waals surface area contributed by atoms with Gasteiger partial charge in [-0.2, -0.15) is 0 Å². The largest absolute Gasteiger partial charge is 0.268 e. The average molecular weight is 501 g/mol. The highest BCUT2D eigenvalue weighted by molar-refractivity contribution is 6.21. The topological polar surface area (TPSA) is 60.2 Å². The fraction of sp³-hybridized carbons (Fsp3) is 0. The van der Waals surface area contributed by atoms with Gasteiger partial charge in [0, 0.05) is 32.8 Å². The summed E-state index contributed by atoms with van der Waals surface area (Å²) in [6.45, 7) is 0. The summed E-state index contributed by atoms with van der Waals surface area (Å²) in [4.78, 5) is 29.3. The van der Waals surface area contributed by atoms with Crippen molar-refractivity contribution in [3.05, 3.63) is 132 Å². The van der Waals surface area contributed by atoms with Crippen molar-refractivity contribution >= 4 is 38.1 Å². The summed E-state index contributed by atoms with van der Waals surface area (Å²) in [6, 6.07) is 39.9. The van der Waals surface area contributed by atoms with Crippen LogP contribution in [-0.4, -0.2) is 19.4 Å². The first-order valence-electron chi connectivity index (χ1n) is 12.9. The van der Waals surface area contributed by atoms with E-state index in [1.165, 1.54) is 0 Å². The zero-order chi connectivity index (χ0) is 25.9. The molecule has 0 saturated carbocycles. The molecule has 3 aromatic heterocycles. The molecule has 0 aliphatic rings. The third-order valence-electron chi connectivity index (χ3n) is 7.35. The van der Waals surface area contributed by atoms with E-state index in [0.717, 1.165) is 49.6 Å². The Balaban J connectivity index is 1.63. The van der Waals surface area contributed by atoms with Crippen LogP contribution in [0.25, 0.3) is 72.1 Å². The van der Waals surface area contributed by atoms with Crippen LogP contribution in [-0.2, 0) is 0 Å². The van der Waals surface area contributed by atoms with Gasteiger partial charge in [-0.05, 0) is 17.5 Å². The van der Waals surface area contributed by atoms with Crippen molar-refractivity contribution in [1.29, 1.82) is 0 Å². The van der Waals surface area contributed by atoms with Crippen molar-refractivity contribution < 1.29 is 0 Å². The van der Waals surface area contributed by atoms with Crippen LogP contribution in [0.5, 0.6) is 0 Å². The Hall–Kier alpha value is -5.42. The molecule has 5 heteroatoms. The number of pyridine rings is 1. The second-order valence-corrected chi connectivity index (χ2v) is 9.63. The Kier molecular flexibility index (Phi) is 4.60. The zero-order valence-electron chi connectivity index (χ0n) is 20.7. The number of hydrogen-bond donors (Lipinski definition) is 0. The molecular formula is C34H20N4O. The molecule has 5 nitrogen and oxygen atoms in total. The molecule has 182 valence electrons. The second kappa shape index (κ2) is 8.30. The van der Waals surface area contributed by atoms with Gasteiger partial charge < -0.3 is 0 Å². The first-order valence-corrected chi connectivity index (χ1v) is 12.9. The zero-order valence-corrected chi connectivity index (χ0v) is 20.7. The molecule has 5 aromatic carbocycles. The maximum atomic E-state index is 14.0. The summed E-state index contributed by atoms with van der Waals surface area (Å²) in [7, 11) is 0. The van der Waals surface area contributed by atoms with E-state index in [1.807, 2.05) is 103 Å². The van der Waals surface area contributed by atoms with E-state index in [-0.39, 0.29) is 5.56 Å². The number of benzene rings is 5. The molecule has 39 heavy (non-hydrogen) atoms. The minimum absolute atomic E-state index is 0.0839. The number of aromatic nitrogens is 4. The van der Waals surface area contributed by atoms with Crippen LogP contribution in [0.4, 0.5) is 0 Å². The summed E-state index contributed by atoms with van der Waals surface area (Å²) >= 11 is 0. The van der Waals surface area contributed by atoms with Gasteiger partial charge in [-0.25, -0.2) is 15.0 Å². The van der Waals surface area contributed by atoms with Crippen molar-refractivity contribution in [3.63, 3.8) is 0 Å². The van der Waals surface area contributed by atoms with Gasteiger partial charge in [-0.1, -0.05) is 109 Å². The highest BCUT2D eigenvalue weighted by Crippen LogP contribution is 2.39. The van der Waals surface area contributed by atoms with Crippen LogP contribution in [0, 0.1) is 0 Å². The highest BCUT2D eigenvalue weighted by Gasteiger charge is 2.23. The van der Waals surface area contributed by atoms with E-state index in [4.69, 9.17) is 15.0 Å². The van der Waals surface area contributed by atoms with Gasteiger partial charge in [-0.3, -0.25) is 9.20 Å². The SMILES string of the molecule is O=c1c2ccccc2c2cc3c(-c4ccccc4)nc(-c4ccccc4)nc3c3nc(-c4ccccc4)n1c23. The molecule has 3 heterocycles. The summed E-state index contributed by atoms with van der Waals surface area (Å²) < 4.78 is 1.76. The average Bonchev–Trinajstić information content (AvgIpc) is 3.42. The van der Waals surface area contributed by atoms with Gasteiger partial charge in [0.15, 0.2) is 5.82 Å². The molecule has 0 atom stereocenters. The van der Waals surface area contributed by atoms with E-state index in [1.54, 1.807) is 4.40 Å². The van der Waals surface area contributed by atoms with Gasteiger partial charge in [0.05, 0.1) is 11.2 Å². The third-order valence-corrected chi connectivity index (χ3v) is 7.35. The first kappa shape index (κ1) is 21.6. The molecule has 0 spiro atoms. The van der Waals surface area contributed by atoms with Crippen molar-refractivity contribution in [1.82, 2.24) is 19.4 Å². The quantitative estimate of drug-likeness (QED) is 0.188. The van der Waals surface area contributed by atoms with E-state index in [0.29, 0.717) is 22.6 Å². The van der Waals surface area contributed by atoms with Crippen LogP contribution in [0.1, 0.15) is 0 Å². The molecule has 0 amide bonds. The number of nitrogens with zero attached hydrogens (tertiary/aromatic N) is 4. The monoisotopic (exact) mass is 500 g/mol. The summed E-state index contributed by atoms with van der Waals surface area (Å²) in [6.07, 6.45) is 0. The Morgan fingerprint density at radius 2 is 1.08 bits per heavy atom. The van der Waals surface area contributed by atoms with Crippen molar-refractivity contribution in [2.24, 2.45) is 0 Å². The molecular weight excluding hydrogens is 480 g/mol. The Labute approximate surface area is 223 Å². The maximum Gasteiger partial charge on any atom is 0.264 e. The summed E-state index contributed by atoms with van der Waals surface area (Å²) in [5, 5.41) is 3.41. The van der Waals surface area contributed by atoms with Gasteiger partial charge in [-0.15, -0.1) is 0 Å². The molecule has 0 radical (unpaired) electrons. The fourth-order valence-electron chi connectivity index (χ4n) is 5.57. The molecule has 0 fully saturated rings. The Bertz CT molecular complexity index is 2230. The normalized spacial score (nSPS) is 11.7. The predicted octanol–water partition coefficient (Wildman–Crippen LogP) is 7.38.